The molecular weight excluding hydrogens is 405 g/mol. The Bertz CT molecular complexity index is 649. The number of ether oxygens (including phenoxy) is 3. The molecule has 0 amide bonds. The first-order valence-corrected chi connectivity index (χ1v) is 9.30. The van der Waals surface area contributed by atoms with Crippen molar-refractivity contribution in [3.05, 3.63) is 40.0 Å². The van der Waals surface area contributed by atoms with Crippen LogP contribution in [0.25, 0.3) is 0 Å². The first-order valence-electron chi connectivity index (χ1n) is 6.53. The van der Waals surface area contributed by atoms with Gasteiger partial charge in [0.1, 0.15) is 0 Å². The second kappa shape index (κ2) is 6.11. The topological polar surface area (TPSA) is 87.9 Å². The van der Waals surface area contributed by atoms with Gasteiger partial charge in [0.2, 0.25) is 0 Å². The van der Waals surface area contributed by atoms with Gasteiger partial charge in [-0.3, -0.25) is 0 Å². The van der Waals surface area contributed by atoms with Crippen LogP contribution in [0.4, 0.5) is 5.69 Å². The first kappa shape index (κ1) is 15.1. The molecular formula is C14H13INO6-. The summed E-state index contributed by atoms with van der Waals surface area (Å²) in [6.45, 7) is -0.131. The average Bonchev–Trinajstić information content (AvgIpc) is 3.37. The molecule has 1 unspecified atom stereocenters. The molecule has 0 aromatic heterocycles. The molecule has 1 heterocycles. The van der Waals surface area contributed by atoms with Crippen LogP contribution in [-0.2, 0) is 16.1 Å². The minimum atomic E-state index is -0.514. The number of hydrogen-bond acceptors (Lipinski definition) is 6. The number of carbonyl (C=O) groups is 1. The summed E-state index contributed by atoms with van der Waals surface area (Å²) in [7, 11) is 1.46. The molecule has 1 aliphatic heterocycles. The van der Waals surface area contributed by atoms with Gasteiger partial charge in [0.15, 0.2) is 0 Å². The SMILES string of the molecule is COc1cc(COC(=O)C2C[I-]2)c([N+](=O)[O-])cc1OC1C=C1. The third kappa shape index (κ3) is 3.49. The Kier molecular flexibility index (Phi) is 4.19. The Hall–Kier alpha value is -1.84. The molecule has 1 atom stereocenters. The fourth-order valence-corrected chi connectivity index (χ4v) is 2.96. The van der Waals surface area contributed by atoms with Crippen molar-refractivity contribution in [2.45, 2.75) is 16.6 Å². The van der Waals surface area contributed by atoms with E-state index in [2.05, 4.69) is 0 Å². The van der Waals surface area contributed by atoms with Gasteiger partial charge < -0.3 is 0 Å². The van der Waals surface area contributed by atoms with Gasteiger partial charge in [0.25, 0.3) is 0 Å². The number of hydrogen-bond donors (Lipinski definition) is 0. The minimum absolute atomic E-state index is 0.0478. The summed E-state index contributed by atoms with van der Waals surface area (Å²) in [5.74, 6) is 0.417. The quantitative estimate of drug-likeness (QED) is 0.133. The van der Waals surface area contributed by atoms with Crippen molar-refractivity contribution in [2.75, 3.05) is 11.5 Å². The predicted molar refractivity (Wildman–Crippen MR) is 71.7 cm³/mol. The van der Waals surface area contributed by atoms with Gasteiger partial charge in [-0.1, -0.05) is 0 Å². The van der Waals surface area contributed by atoms with Gasteiger partial charge in [0.05, 0.1) is 0 Å². The van der Waals surface area contributed by atoms with E-state index in [1.54, 1.807) is 0 Å². The number of benzene rings is 1. The van der Waals surface area contributed by atoms with E-state index < -0.39 is 4.92 Å². The molecule has 0 saturated carbocycles. The molecule has 1 saturated heterocycles. The molecule has 0 bridgehead atoms. The molecule has 0 spiro atoms. The average molecular weight is 418 g/mol. The second-order valence-corrected chi connectivity index (χ2v) is 8.01. The van der Waals surface area contributed by atoms with Crippen LogP contribution >= 0.6 is 0 Å². The Morgan fingerprint density at radius 3 is 2.68 bits per heavy atom. The van der Waals surface area contributed by atoms with Crippen LogP contribution in [0.15, 0.2) is 24.3 Å². The van der Waals surface area contributed by atoms with E-state index in [-0.39, 0.29) is 49.5 Å². The third-order valence-corrected chi connectivity index (χ3v) is 5.38. The van der Waals surface area contributed by atoms with E-state index in [4.69, 9.17) is 14.2 Å². The molecule has 1 aromatic carbocycles. The number of nitro groups is 1. The van der Waals surface area contributed by atoms with E-state index in [9.17, 15) is 14.9 Å². The monoisotopic (exact) mass is 418 g/mol. The summed E-state index contributed by atoms with van der Waals surface area (Å²) in [6.07, 6.45) is 3.50. The Labute approximate surface area is 136 Å². The third-order valence-electron chi connectivity index (χ3n) is 3.11. The molecule has 3 rings (SSSR count). The molecule has 1 aliphatic carbocycles. The van der Waals surface area contributed by atoms with Crippen molar-refractivity contribution >= 4 is 11.7 Å². The van der Waals surface area contributed by atoms with Gasteiger partial charge in [0, 0.05) is 0 Å². The van der Waals surface area contributed by atoms with Crippen LogP contribution in [0.3, 0.4) is 0 Å². The van der Waals surface area contributed by atoms with E-state index in [1.807, 2.05) is 12.2 Å². The zero-order valence-corrected chi connectivity index (χ0v) is 13.8. The molecule has 7 nitrogen and oxygen atoms in total. The molecule has 22 heavy (non-hydrogen) atoms. The summed E-state index contributed by atoms with van der Waals surface area (Å²) in [6, 6.07) is 2.80. The maximum atomic E-state index is 11.6. The van der Waals surface area contributed by atoms with E-state index in [0.29, 0.717) is 17.1 Å². The number of nitrogens with zero attached hydrogens (tertiary/aromatic N) is 1. The van der Waals surface area contributed by atoms with Crippen LogP contribution in [0.2, 0.25) is 0 Å². The van der Waals surface area contributed by atoms with Crippen molar-refractivity contribution in [3.63, 3.8) is 0 Å². The Balaban J connectivity index is 1.82. The van der Waals surface area contributed by atoms with Crippen LogP contribution < -0.4 is 30.7 Å². The number of esters is 1. The summed E-state index contributed by atoms with van der Waals surface area (Å²) in [5.41, 5.74) is 0.153. The van der Waals surface area contributed by atoms with Crippen molar-refractivity contribution < 1.29 is 45.1 Å². The molecule has 8 heteroatoms. The van der Waals surface area contributed by atoms with E-state index in [1.165, 1.54) is 19.2 Å². The van der Waals surface area contributed by atoms with Crippen molar-refractivity contribution in [1.82, 2.24) is 0 Å². The number of nitro benzene ring substituents is 1. The number of halogens is 1. The maximum absolute atomic E-state index is 11.6. The fourth-order valence-electron chi connectivity index (χ4n) is 1.81. The van der Waals surface area contributed by atoms with Crippen molar-refractivity contribution in [2.24, 2.45) is 0 Å². The van der Waals surface area contributed by atoms with Gasteiger partial charge >= 0.3 is 136 Å². The Morgan fingerprint density at radius 1 is 1.41 bits per heavy atom. The van der Waals surface area contributed by atoms with Crippen LogP contribution in [0, 0.1) is 10.1 Å². The number of alkyl halides is 2. The standard InChI is InChI=1S/C14H13INO6/c1-20-12-4-8(7-21-14(17)10-6-15-10)11(16(18)19)5-13(12)22-9-2-3-9/h2-5,9-10H,6-7H2,1H3/q-1. The van der Waals surface area contributed by atoms with Crippen LogP contribution in [0.5, 0.6) is 11.5 Å². The number of carbonyl (C=O) groups excluding carboxylic acids is 1. The zero-order chi connectivity index (χ0) is 15.7. The molecule has 1 aromatic rings. The Morgan fingerprint density at radius 2 is 2.14 bits per heavy atom. The van der Waals surface area contributed by atoms with E-state index >= 15 is 0 Å². The summed E-state index contributed by atoms with van der Waals surface area (Å²) >= 11 is -0.0478. The van der Waals surface area contributed by atoms with Crippen molar-refractivity contribution in [1.29, 1.82) is 0 Å². The summed E-state index contributed by atoms with van der Waals surface area (Å²) in [5, 5.41) is 11.2. The van der Waals surface area contributed by atoms with Crippen LogP contribution in [-0.4, -0.2) is 32.5 Å². The number of methoxy groups -OCH3 is 1. The van der Waals surface area contributed by atoms with Crippen molar-refractivity contribution in [3.8, 4) is 11.5 Å². The number of rotatable bonds is 7. The normalized spacial score (nSPS) is 19.0. The molecule has 1 fully saturated rings. The van der Waals surface area contributed by atoms with Gasteiger partial charge in [-0.2, -0.15) is 0 Å². The molecule has 118 valence electrons. The second-order valence-electron chi connectivity index (χ2n) is 4.74. The summed E-state index contributed by atoms with van der Waals surface area (Å²) in [4.78, 5) is 22.3. The van der Waals surface area contributed by atoms with E-state index in [0.717, 1.165) is 4.43 Å². The zero-order valence-electron chi connectivity index (χ0n) is 11.7. The van der Waals surface area contributed by atoms with Gasteiger partial charge in [-0.15, -0.1) is 0 Å². The first-order chi connectivity index (χ1) is 10.6. The van der Waals surface area contributed by atoms with Crippen LogP contribution in [0.1, 0.15) is 5.56 Å². The fraction of sp³-hybridized carbons (Fsp3) is 0.357. The molecule has 2 aliphatic rings. The van der Waals surface area contributed by atoms with Gasteiger partial charge in [-0.05, 0) is 0 Å². The van der Waals surface area contributed by atoms with Gasteiger partial charge in [-0.25, -0.2) is 0 Å². The predicted octanol–water partition coefficient (Wildman–Crippen LogP) is -1.56. The molecule has 0 N–H and O–H groups in total. The summed E-state index contributed by atoms with van der Waals surface area (Å²) < 4.78 is 16.9. The molecule has 0 radical (unpaired) electrons.